The van der Waals surface area contributed by atoms with Crippen molar-refractivity contribution < 1.29 is 0 Å². The molecule has 0 saturated heterocycles. The Bertz CT molecular complexity index is 334. The van der Waals surface area contributed by atoms with Crippen molar-refractivity contribution >= 4 is 17.4 Å². The van der Waals surface area contributed by atoms with E-state index >= 15 is 0 Å². The van der Waals surface area contributed by atoms with Crippen LogP contribution in [0.25, 0.3) is 0 Å². The van der Waals surface area contributed by atoms with E-state index in [0.717, 1.165) is 12.2 Å². The fourth-order valence-corrected chi connectivity index (χ4v) is 2.44. The first-order valence-electron chi connectivity index (χ1n) is 5.51. The Labute approximate surface area is 95.3 Å². The van der Waals surface area contributed by atoms with Crippen LogP contribution >= 0.6 is 11.6 Å². The number of halogens is 1. The summed E-state index contributed by atoms with van der Waals surface area (Å²) in [7, 11) is 0. The topological polar surface area (TPSA) is 37.8 Å². The van der Waals surface area contributed by atoms with E-state index in [4.69, 9.17) is 11.6 Å². The predicted molar refractivity (Wildman–Crippen MR) is 62.2 cm³/mol. The van der Waals surface area contributed by atoms with Crippen molar-refractivity contribution in [2.24, 2.45) is 0 Å². The van der Waals surface area contributed by atoms with Gasteiger partial charge in [-0.05, 0) is 36.9 Å². The van der Waals surface area contributed by atoms with Crippen LogP contribution in [0.15, 0.2) is 12.3 Å². The number of rotatable bonds is 3. The van der Waals surface area contributed by atoms with Gasteiger partial charge in [-0.1, -0.05) is 19.8 Å². The smallest absolute Gasteiger partial charge is 0.224 e. The van der Waals surface area contributed by atoms with E-state index in [2.05, 4.69) is 22.2 Å². The average molecular weight is 226 g/mol. The lowest BCUT2D eigenvalue weighted by molar-refractivity contribution is 0.463. The third-order valence-corrected chi connectivity index (χ3v) is 3.44. The molecule has 1 heterocycles. The molecule has 1 aromatic heterocycles. The van der Waals surface area contributed by atoms with Crippen LogP contribution < -0.4 is 5.32 Å². The van der Waals surface area contributed by atoms with Crippen molar-refractivity contribution in [3.05, 3.63) is 17.5 Å². The van der Waals surface area contributed by atoms with Gasteiger partial charge in [0.25, 0.3) is 0 Å². The number of aromatic nitrogens is 2. The molecule has 1 aliphatic rings. The Morgan fingerprint density at radius 3 is 2.80 bits per heavy atom. The van der Waals surface area contributed by atoms with Crippen molar-refractivity contribution in [1.29, 1.82) is 0 Å². The molecule has 1 saturated carbocycles. The largest absolute Gasteiger partial charge is 0.365 e. The summed E-state index contributed by atoms with van der Waals surface area (Å²) in [4.78, 5) is 8.05. The van der Waals surface area contributed by atoms with Crippen LogP contribution in [0, 0.1) is 0 Å². The fraction of sp³-hybridized carbons (Fsp3) is 0.636. The molecule has 82 valence electrons. The van der Waals surface area contributed by atoms with Gasteiger partial charge in [-0.25, -0.2) is 9.97 Å². The van der Waals surface area contributed by atoms with E-state index in [1.54, 1.807) is 6.20 Å². The summed E-state index contributed by atoms with van der Waals surface area (Å²) in [5, 5.41) is 3.82. The number of hydrogen-bond acceptors (Lipinski definition) is 3. The lowest BCUT2D eigenvalue weighted by atomic mass is 9.94. The zero-order chi connectivity index (χ0) is 10.7. The molecule has 2 rings (SSSR count). The Morgan fingerprint density at radius 1 is 1.47 bits per heavy atom. The molecule has 4 heteroatoms. The highest BCUT2D eigenvalue weighted by molar-refractivity contribution is 6.28. The molecule has 15 heavy (non-hydrogen) atoms. The maximum Gasteiger partial charge on any atom is 0.224 e. The maximum absolute atomic E-state index is 5.76. The minimum absolute atomic E-state index is 0.234. The SMILES string of the molecule is CCC1(Nc2ccnc(Cl)n2)CCCC1. The van der Waals surface area contributed by atoms with Crippen molar-refractivity contribution in [2.45, 2.75) is 44.6 Å². The highest BCUT2D eigenvalue weighted by Crippen LogP contribution is 2.35. The summed E-state index contributed by atoms with van der Waals surface area (Å²) in [6.45, 7) is 2.22. The summed E-state index contributed by atoms with van der Waals surface area (Å²) in [5.74, 6) is 0.846. The van der Waals surface area contributed by atoms with Gasteiger partial charge in [0, 0.05) is 11.7 Å². The van der Waals surface area contributed by atoms with E-state index in [-0.39, 0.29) is 5.54 Å². The van der Waals surface area contributed by atoms with E-state index in [1.807, 2.05) is 6.07 Å². The zero-order valence-corrected chi connectivity index (χ0v) is 9.72. The third-order valence-electron chi connectivity index (χ3n) is 3.26. The molecule has 1 aromatic rings. The molecular formula is C11H16ClN3. The Kier molecular flexibility index (Phi) is 3.10. The summed E-state index contributed by atoms with van der Waals surface area (Å²) >= 11 is 5.76. The van der Waals surface area contributed by atoms with Crippen LogP contribution in [0.2, 0.25) is 5.28 Å². The highest BCUT2D eigenvalue weighted by atomic mass is 35.5. The molecular weight excluding hydrogens is 210 g/mol. The second kappa shape index (κ2) is 4.35. The highest BCUT2D eigenvalue weighted by Gasteiger charge is 2.31. The van der Waals surface area contributed by atoms with E-state index in [1.165, 1.54) is 25.7 Å². The van der Waals surface area contributed by atoms with Gasteiger partial charge in [-0.3, -0.25) is 0 Å². The second-order valence-electron chi connectivity index (χ2n) is 4.18. The lowest BCUT2D eigenvalue weighted by Gasteiger charge is -2.29. The van der Waals surface area contributed by atoms with Gasteiger partial charge in [0.1, 0.15) is 5.82 Å². The molecule has 0 bridgehead atoms. The van der Waals surface area contributed by atoms with Gasteiger partial charge in [-0.2, -0.15) is 0 Å². The van der Waals surface area contributed by atoms with Gasteiger partial charge >= 0.3 is 0 Å². The molecule has 0 atom stereocenters. The van der Waals surface area contributed by atoms with Crippen LogP contribution in [-0.2, 0) is 0 Å². The standard InChI is InChI=1S/C11H16ClN3/c1-2-11(6-3-4-7-11)15-9-5-8-13-10(12)14-9/h5,8H,2-4,6-7H2,1H3,(H,13,14,15). The zero-order valence-electron chi connectivity index (χ0n) is 8.96. The molecule has 1 N–H and O–H groups in total. The van der Waals surface area contributed by atoms with Crippen LogP contribution in [-0.4, -0.2) is 15.5 Å². The molecule has 0 amide bonds. The minimum atomic E-state index is 0.234. The Balaban J connectivity index is 2.12. The fourth-order valence-electron chi connectivity index (χ4n) is 2.29. The first-order valence-corrected chi connectivity index (χ1v) is 5.89. The molecule has 0 aromatic carbocycles. The first-order chi connectivity index (χ1) is 7.24. The minimum Gasteiger partial charge on any atom is -0.365 e. The summed E-state index contributed by atoms with van der Waals surface area (Å²) in [5.41, 5.74) is 0.234. The number of nitrogens with one attached hydrogen (secondary N) is 1. The molecule has 0 spiro atoms. The van der Waals surface area contributed by atoms with Gasteiger partial charge in [-0.15, -0.1) is 0 Å². The van der Waals surface area contributed by atoms with Gasteiger partial charge in [0.15, 0.2) is 0 Å². The predicted octanol–water partition coefficient (Wildman–Crippen LogP) is 3.26. The number of hydrogen-bond donors (Lipinski definition) is 1. The molecule has 1 aliphatic carbocycles. The van der Waals surface area contributed by atoms with Crippen LogP contribution in [0.5, 0.6) is 0 Å². The second-order valence-corrected chi connectivity index (χ2v) is 4.51. The maximum atomic E-state index is 5.76. The van der Waals surface area contributed by atoms with Crippen molar-refractivity contribution in [3.8, 4) is 0 Å². The molecule has 0 unspecified atom stereocenters. The van der Waals surface area contributed by atoms with Crippen molar-refractivity contribution in [1.82, 2.24) is 9.97 Å². The molecule has 0 aliphatic heterocycles. The van der Waals surface area contributed by atoms with Crippen LogP contribution in [0.4, 0.5) is 5.82 Å². The normalized spacial score (nSPS) is 19.1. The Hall–Kier alpha value is -0.830. The van der Waals surface area contributed by atoms with Gasteiger partial charge < -0.3 is 5.32 Å². The van der Waals surface area contributed by atoms with Gasteiger partial charge in [0.05, 0.1) is 0 Å². The van der Waals surface area contributed by atoms with Gasteiger partial charge in [0.2, 0.25) is 5.28 Å². The number of anilines is 1. The monoisotopic (exact) mass is 225 g/mol. The van der Waals surface area contributed by atoms with E-state index in [9.17, 15) is 0 Å². The molecule has 3 nitrogen and oxygen atoms in total. The summed E-state index contributed by atoms with van der Waals surface area (Å²) < 4.78 is 0. The average Bonchev–Trinajstić information content (AvgIpc) is 2.67. The van der Waals surface area contributed by atoms with Crippen LogP contribution in [0.3, 0.4) is 0 Å². The Morgan fingerprint density at radius 2 is 2.20 bits per heavy atom. The quantitative estimate of drug-likeness (QED) is 0.803. The van der Waals surface area contributed by atoms with Crippen LogP contribution in [0.1, 0.15) is 39.0 Å². The molecule has 0 radical (unpaired) electrons. The lowest BCUT2D eigenvalue weighted by Crippen LogP contribution is -2.34. The van der Waals surface area contributed by atoms with E-state index in [0.29, 0.717) is 5.28 Å². The number of nitrogens with zero attached hydrogens (tertiary/aromatic N) is 2. The molecule has 1 fully saturated rings. The van der Waals surface area contributed by atoms with E-state index < -0.39 is 0 Å². The summed E-state index contributed by atoms with van der Waals surface area (Å²) in [6.07, 6.45) is 7.89. The summed E-state index contributed by atoms with van der Waals surface area (Å²) in [6, 6.07) is 1.88. The third kappa shape index (κ3) is 2.40. The first kappa shape index (κ1) is 10.7. The van der Waals surface area contributed by atoms with Crippen molar-refractivity contribution in [2.75, 3.05) is 5.32 Å². The van der Waals surface area contributed by atoms with Crippen molar-refractivity contribution in [3.63, 3.8) is 0 Å².